The van der Waals surface area contributed by atoms with Crippen LogP contribution in [0.5, 0.6) is 0 Å². The Bertz CT molecular complexity index is 386. The number of hydrogen-bond acceptors (Lipinski definition) is 6. The highest BCUT2D eigenvalue weighted by molar-refractivity contribution is 4.90. The summed E-state index contributed by atoms with van der Waals surface area (Å²) < 4.78 is 6.85. The number of rotatable bonds is 7. The molecule has 1 aromatic heterocycles. The predicted octanol–water partition coefficient (Wildman–Crippen LogP) is 0.173. The largest absolute Gasteiger partial charge is 0.389 e. The van der Waals surface area contributed by atoms with Gasteiger partial charge < -0.3 is 14.7 Å². The number of ether oxygens (including phenoxy) is 1. The van der Waals surface area contributed by atoms with E-state index < -0.39 is 5.60 Å². The molecule has 2 rings (SSSR count). The van der Waals surface area contributed by atoms with Gasteiger partial charge in [-0.1, -0.05) is 6.92 Å². The van der Waals surface area contributed by atoms with Gasteiger partial charge >= 0.3 is 0 Å². The normalized spacial score (nSPS) is 27.9. The molecule has 0 amide bonds. The van der Waals surface area contributed by atoms with Crippen molar-refractivity contribution in [1.82, 2.24) is 25.1 Å². The summed E-state index contributed by atoms with van der Waals surface area (Å²) in [6.07, 6.45) is 4.21. The number of tetrazole rings is 1. The van der Waals surface area contributed by atoms with Crippen molar-refractivity contribution in [2.75, 3.05) is 33.4 Å². The molecule has 0 spiro atoms. The summed E-state index contributed by atoms with van der Waals surface area (Å²) in [5.74, 6) is 0.277. The molecule has 1 saturated heterocycles. The summed E-state index contributed by atoms with van der Waals surface area (Å²) in [7, 11) is 1.68. The molecule has 7 heteroatoms. The lowest BCUT2D eigenvalue weighted by Gasteiger charge is -2.43. The minimum absolute atomic E-state index is 0.277. The van der Waals surface area contributed by atoms with Crippen LogP contribution in [-0.2, 0) is 11.3 Å². The van der Waals surface area contributed by atoms with E-state index in [2.05, 4.69) is 27.3 Å². The summed E-state index contributed by atoms with van der Waals surface area (Å²) in [5, 5.41) is 21.7. The third kappa shape index (κ3) is 3.97. The van der Waals surface area contributed by atoms with Crippen LogP contribution < -0.4 is 0 Å². The molecular weight excluding hydrogens is 258 g/mol. The summed E-state index contributed by atoms with van der Waals surface area (Å²) in [4.78, 5) is 2.41. The number of aromatic nitrogens is 4. The van der Waals surface area contributed by atoms with Gasteiger partial charge in [-0.2, -0.15) is 0 Å². The number of aliphatic hydroxyl groups is 1. The Morgan fingerprint density at radius 3 is 2.95 bits per heavy atom. The molecule has 0 aromatic carbocycles. The van der Waals surface area contributed by atoms with Gasteiger partial charge in [0.1, 0.15) is 6.33 Å². The molecule has 2 atom stereocenters. The molecule has 0 saturated carbocycles. The summed E-state index contributed by atoms with van der Waals surface area (Å²) in [6, 6.07) is 0. The van der Waals surface area contributed by atoms with Crippen molar-refractivity contribution in [3.63, 3.8) is 0 Å². The van der Waals surface area contributed by atoms with E-state index >= 15 is 0 Å². The molecule has 1 aliphatic rings. The van der Waals surface area contributed by atoms with E-state index in [1.54, 1.807) is 18.1 Å². The van der Waals surface area contributed by atoms with Crippen LogP contribution in [-0.4, -0.2) is 69.2 Å². The number of hydrogen-bond donors (Lipinski definition) is 1. The zero-order valence-electron chi connectivity index (χ0n) is 12.4. The number of nitrogens with zero attached hydrogens (tertiary/aromatic N) is 5. The molecule has 1 aromatic rings. The number of aryl methyl sites for hydroxylation is 1. The first kappa shape index (κ1) is 15.3. The smallest absolute Gasteiger partial charge is 0.138 e. The SMILES string of the molecule is COCCC1(O)CCN(CCCn2cnnn2)CC1C. The van der Waals surface area contributed by atoms with Gasteiger partial charge in [-0.3, -0.25) is 0 Å². The lowest BCUT2D eigenvalue weighted by molar-refractivity contribution is -0.0814. The first-order valence-electron chi connectivity index (χ1n) is 7.28. The van der Waals surface area contributed by atoms with Crippen molar-refractivity contribution >= 4 is 0 Å². The Hall–Kier alpha value is -1.05. The molecule has 114 valence electrons. The van der Waals surface area contributed by atoms with E-state index in [0.717, 1.165) is 45.4 Å². The quantitative estimate of drug-likeness (QED) is 0.769. The molecule has 0 aliphatic carbocycles. The monoisotopic (exact) mass is 283 g/mol. The Labute approximate surface area is 119 Å². The third-order valence-electron chi connectivity index (χ3n) is 4.30. The van der Waals surface area contributed by atoms with Gasteiger partial charge in [-0.05, 0) is 42.2 Å². The van der Waals surface area contributed by atoms with Gasteiger partial charge in [0.05, 0.1) is 5.60 Å². The lowest BCUT2D eigenvalue weighted by Crippen LogP contribution is -2.51. The number of piperidine rings is 1. The minimum Gasteiger partial charge on any atom is -0.389 e. The highest BCUT2D eigenvalue weighted by atomic mass is 16.5. The number of likely N-dealkylation sites (tertiary alicyclic amines) is 1. The fourth-order valence-corrected chi connectivity index (χ4v) is 2.84. The maximum atomic E-state index is 10.6. The van der Waals surface area contributed by atoms with E-state index in [4.69, 9.17) is 4.74 Å². The highest BCUT2D eigenvalue weighted by Crippen LogP contribution is 2.30. The van der Waals surface area contributed by atoms with Crippen molar-refractivity contribution in [3.05, 3.63) is 6.33 Å². The van der Waals surface area contributed by atoms with Gasteiger partial charge in [0.25, 0.3) is 0 Å². The van der Waals surface area contributed by atoms with Gasteiger partial charge in [0.15, 0.2) is 0 Å². The molecule has 2 heterocycles. The van der Waals surface area contributed by atoms with Crippen LogP contribution in [0, 0.1) is 5.92 Å². The molecule has 0 bridgehead atoms. The molecule has 20 heavy (non-hydrogen) atoms. The molecule has 0 radical (unpaired) electrons. The van der Waals surface area contributed by atoms with Crippen molar-refractivity contribution in [2.45, 2.75) is 38.3 Å². The Balaban J connectivity index is 1.71. The zero-order chi connectivity index (χ0) is 14.4. The highest BCUT2D eigenvalue weighted by Gasteiger charge is 2.38. The van der Waals surface area contributed by atoms with E-state index in [9.17, 15) is 5.11 Å². The van der Waals surface area contributed by atoms with Crippen molar-refractivity contribution in [2.24, 2.45) is 5.92 Å². The van der Waals surface area contributed by atoms with Gasteiger partial charge in [-0.15, -0.1) is 5.10 Å². The van der Waals surface area contributed by atoms with Crippen LogP contribution in [0.2, 0.25) is 0 Å². The Kier molecular flexibility index (Phi) is 5.45. The van der Waals surface area contributed by atoms with Crippen LogP contribution >= 0.6 is 0 Å². The van der Waals surface area contributed by atoms with E-state index in [0.29, 0.717) is 6.61 Å². The first-order valence-corrected chi connectivity index (χ1v) is 7.28. The fourth-order valence-electron chi connectivity index (χ4n) is 2.84. The molecule has 1 fully saturated rings. The van der Waals surface area contributed by atoms with E-state index in [-0.39, 0.29) is 5.92 Å². The van der Waals surface area contributed by atoms with Crippen LogP contribution in [0.15, 0.2) is 6.33 Å². The predicted molar refractivity (Wildman–Crippen MR) is 74.1 cm³/mol. The second-order valence-corrected chi connectivity index (χ2v) is 5.72. The summed E-state index contributed by atoms with van der Waals surface area (Å²) in [6.45, 7) is 6.50. The van der Waals surface area contributed by atoms with Gasteiger partial charge in [0.2, 0.25) is 0 Å². The lowest BCUT2D eigenvalue weighted by atomic mass is 9.80. The first-order chi connectivity index (χ1) is 9.64. The topological polar surface area (TPSA) is 76.3 Å². The van der Waals surface area contributed by atoms with Crippen molar-refractivity contribution < 1.29 is 9.84 Å². The molecule has 1 N–H and O–H groups in total. The van der Waals surface area contributed by atoms with Crippen LogP contribution in [0.1, 0.15) is 26.2 Å². The van der Waals surface area contributed by atoms with Crippen molar-refractivity contribution in [1.29, 1.82) is 0 Å². The average molecular weight is 283 g/mol. The van der Waals surface area contributed by atoms with Crippen molar-refractivity contribution in [3.8, 4) is 0 Å². The van der Waals surface area contributed by atoms with Crippen LogP contribution in [0.25, 0.3) is 0 Å². The van der Waals surface area contributed by atoms with E-state index in [1.165, 1.54) is 0 Å². The Morgan fingerprint density at radius 1 is 1.45 bits per heavy atom. The molecule has 7 nitrogen and oxygen atoms in total. The summed E-state index contributed by atoms with van der Waals surface area (Å²) in [5.41, 5.74) is -0.567. The maximum Gasteiger partial charge on any atom is 0.138 e. The van der Waals surface area contributed by atoms with E-state index in [1.807, 2.05) is 0 Å². The number of methoxy groups -OCH3 is 1. The third-order valence-corrected chi connectivity index (χ3v) is 4.30. The fraction of sp³-hybridized carbons (Fsp3) is 0.923. The maximum absolute atomic E-state index is 10.6. The summed E-state index contributed by atoms with van der Waals surface area (Å²) >= 11 is 0. The molecule has 2 unspecified atom stereocenters. The van der Waals surface area contributed by atoms with Gasteiger partial charge in [0, 0.05) is 33.4 Å². The van der Waals surface area contributed by atoms with Crippen LogP contribution in [0.4, 0.5) is 0 Å². The molecule has 1 aliphatic heterocycles. The van der Waals surface area contributed by atoms with Gasteiger partial charge in [-0.25, -0.2) is 4.68 Å². The standard InChI is InChI=1S/C13H25N5O2/c1-12-10-17(6-3-7-18-11-14-15-16-18)8-4-13(12,19)5-9-20-2/h11-12,19H,3-10H2,1-2H3. The average Bonchev–Trinajstić information content (AvgIpc) is 2.94. The second-order valence-electron chi connectivity index (χ2n) is 5.72. The second kappa shape index (κ2) is 7.10. The molecular formula is C13H25N5O2. The minimum atomic E-state index is -0.567. The Morgan fingerprint density at radius 2 is 2.30 bits per heavy atom. The zero-order valence-corrected chi connectivity index (χ0v) is 12.4. The van der Waals surface area contributed by atoms with Crippen LogP contribution in [0.3, 0.4) is 0 Å².